The molecule has 0 saturated carbocycles. The molecule has 1 aromatic rings. The molecule has 0 saturated heterocycles. The van der Waals surface area contributed by atoms with Crippen molar-refractivity contribution >= 4 is 36.4 Å². The predicted octanol–water partition coefficient (Wildman–Crippen LogP) is 2.38. The Kier molecular flexibility index (Phi) is 12.7. The van der Waals surface area contributed by atoms with E-state index in [-0.39, 0.29) is 30.7 Å². The summed E-state index contributed by atoms with van der Waals surface area (Å²) in [6, 6.07) is 3.55. The molecular weight excluding hydrogens is 261 g/mol. The summed E-state index contributed by atoms with van der Waals surface area (Å²) >= 11 is 0. The quantitative estimate of drug-likeness (QED) is 0.786. The molecule has 4 nitrogen and oxygen atoms in total. The lowest BCUT2D eigenvalue weighted by Crippen LogP contribution is -2.11. The minimum Gasteiger partial charge on any atom is -0.330 e. The van der Waals surface area contributed by atoms with Gasteiger partial charge in [-0.1, -0.05) is 6.42 Å². The van der Waals surface area contributed by atoms with E-state index in [1.54, 1.807) is 24.5 Å². The molecule has 1 aromatic heterocycles. The molecule has 0 fully saturated rings. The topological polar surface area (TPSA) is 68.0 Å². The number of rotatable bonds is 6. The Morgan fingerprint density at radius 2 is 1.82 bits per heavy atom. The summed E-state index contributed by atoms with van der Waals surface area (Å²) in [4.78, 5) is 15.3. The van der Waals surface area contributed by atoms with Crippen LogP contribution in [0, 0.1) is 0 Å². The summed E-state index contributed by atoms with van der Waals surface area (Å²) in [6.45, 7) is 0.700. The number of carbonyl (C=O) groups is 1. The van der Waals surface area contributed by atoms with Crippen LogP contribution in [0.15, 0.2) is 24.5 Å². The van der Waals surface area contributed by atoms with E-state index in [2.05, 4.69) is 10.3 Å². The van der Waals surface area contributed by atoms with Crippen molar-refractivity contribution in [1.82, 2.24) is 4.98 Å². The minimum absolute atomic E-state index is 0. The molecule has 98 valence electrons. The van der Waals surface area contributed by atoms with E-state index < -0.39 is 0 Å². The van der Waals surface area contributed by atoms with Crippen LogP contribution in [0.5, 0.6) is 0 Å². The molecule has 1 heterocycles. The Balaban J connectivity index is 0. The van der Waals surface area contributed by atoms with Crippen molar-refractivity contribution in [2.24, 2.45) is 5.73 Å². The minimum atomic E-state index is 0. The highest BCUT2D eigenvalue weighted by atomic mass is 35.5. The summed E-state index contributed by atoms with van der Waals surface area (Å²) in [5.74, 6) is 0.0539. The molecule has 0 unspecified atom stereocenters. The number of hydrogen-bond acceptors (Lipinski definition) is 3. The first kappa shape index (κ1) is 18.5. The van der Waals surface area contributed by atoms with E-state index in [0.717, 1.165) is 24.9 Å². The first-order chi connectivity index (χ1) is 7.33. The molecule has 0 aliphatic carbocycles. The van der Waals surface area contributed by atoms with Crippen molar-refractivity contribution < 1.29 is 4.79 Å². The monoisotopic (exact) mass is 279 g/mol. The third kappa shape index (κ3) is 8.92. The number of unbranched alkanes of at least 4 members (excludes halogenated alkanes) is 2. The fourth-order valence-electron chi connectivity index (χ4n) is 1.27. The molecule has 0 spiro atoms. The van der Waals surface area contributed by atoms with Gasteiger partial charge in [-0.3, -0.25) is 9.78 Å². The number of aromatic nitrogens is 1. The molecule has 17 heavy (non-hydrogen) atoms. The summed E-state index contributed by atoms with van der Waals surface area (Å²) < 4.78 is 0. The lowest BCUT2D eigenvalue weighted by atomic mass is 10.2. The van der Waals surface area contributed by atoms with Gasteiger partial charge in [0, 0.05) is 24.5 Å². The standard InChI is InChI=1S/C11H17N3O.2ClH/c12-7-3-1-2-4-11(15)14-10-5-8-13-9-6-10;;/h5-6,8-9H,1-4,7,12H2,(H,13,14,15);2*1H. The van der Waals surface area contributed by atoms with E-state index in [9.17, 15) is 4.79 Å². The van der Waals surface area contributed by atoms with Gasteiger partial charge in [0.2, 0.25) is 5.91 Å². The number of nitrogens with zero attached hydrogens (tertiary/aromatic N) is 1. The van der Waals surface area contributed by atoms with E-state index in [0.29, 0.717) is 13.0 Å². The zero-order valence-corrected chi connectivity index (χ0v) is 11.2. The first-order valence-corrected chi connectivity index (χ1v) is 5.23. The van der Waals surface area contributed by atoms with Crippen molar-refractivity contribution in [3.8, 4) is 0 Å². The van der Waals surface area contributed by atoms with Crippen molar-refractivity contribution in [3.05, 3.63) is 24.5 Å². The summed E-state index contributed by atoms with van der Waals surface area (Å²) in [5.41, 5.74) is 6.16. The average molecular weight is 280 g/mol. The van der Waals surface area contributed by atoms with Gasteiger partial charge in [-0.15, -0.1) is 24.8 Å². The summed E-state index contributed by atoms with van der Waals surface area (Å²) in [7, 11) is 0. The number of amides is 1. The largest absolute Gasteiger partial charge is 0.330 e. The summed E-state index contributed by atoms with van der Waals surface area (Å²) in [5, 5.41) is 2.81. The molecule has 0 bridgehead atoms. The van der Waals surface area contributed by atoms with E-state index in [1.165, 1.54) is 0 Å². The van der Waals surface area contributed by atoms with Crippen LogP contribution < -0.4 is 11.1 Å². The second-order valence-electron chi connectivity index (χ2n) is 3.38. The van der Waals surface area contributed by atoms with Crippen LogP contribution in [0.4, 0.5) is 5.69 Å². The Bertz CT molecular complexity index is 296. The summed E-state index contributed by atoms with van der Waals surface area (Å²) in [6.07, 6.45) is 6.77. The van der Waals surface area contributed by atoms with Gasteiger partial charge in [-0.05, 0) is 31.5 Å². The molecule has 1 amide bonds. The van der Waals surface area contributed by atoms with Crippen LogP contribution >= 0.6 is 24.8 Å². The van der Waals surface area contributed by atoms with E-state index in [1.807, 2.05) is 0 Å². The number of nitrogens with one attached hydrogen (secondary N) is 1. The Hall–Kier alpha value is -0.840. The zero-order valence-electron chi connectivity index (χ0n) is 9.59. The molecule has 6 heteroatoms. The number of nitrogens with two attached hydrogens (primary N) is 1. The van der Waals surface area contributed by atoms with Gasteiger partial charge in [0.15, 0.2) is 0 Å². The smallest absolute Gasteiger partial charge is 0.224 e. The number of halogens is 2. The predicted molar refractivity (Wildman–Crippen MR) is 74.9 cm³/mol. The Morgan fingerprint density at radius 1 is 1.18 bits per heavy atom. The second kappa shape index (κ2) is 11.6. The van der Waals surface area contributed by atoms with Gasteiger partial charge in [-0.2, -0.15) is 0 Å². The molecule has 0 aliphatic rings. The third-order valence-corrected chi connectivity index (χ3v) is 2.07. The first-order valence-electron chi connectivity index (χ1n) is 5.23. The maximum atomic E-state index is 11.4. The second-order valence-corrected chi connectivity index (χ2v) is 3.38. The Morgan fingerprint density at radius 3 is 2.41 bits per heavy atom. The highest BCUT2D eigenvalue weighted by molar-refractivity contribution is 5.90. The zero-order chi connectivity index (χ0) is 10.9. The van der Waals surface area contributed by atoms with E-state index in [4.69, 9.17) is 5.73 Å². The third-order valence-electron chi connectivity index (χ3n) is 2.07. The van der Waals surface area contributed by atoms with Crippen LogP contribution in [0.2, 0.25) is 0 Å². The SMILES string of the molecule is Cl.Cl.NCCCCCC(=O)Nc1ccncc1. The molecule has 0 atom stereocenters. The lowest BCUT2D eigenvalue weighted by molar-refractivity contribution is -0.116. The highest BCUT2D eigenvalue weighted by Crippen LogP contribution is 2.05. The van der Waals surface area contributed by atoms with Gasteiger partial charge in [0.05, 0.1) is 0 Å². The molecule has 0 aromatic carbocycles. The van der Waals surface area contributed by atoms with Gasteiger partial charge in [0.25, 0.3) is 0 Å². The Labute approximate surface area is 114 Å². The van der Waals surface area contributed by atoms with Crippen LogP contribution in [-0.2, 0) is 4.79 Å². The van der Waals surface area contributed by atoms with Crippen molar-refractivity contribution in [3.63, 3.8) is 0 Å². The van der Waals surface area contributed by atoms with Gasteiger partial charge < -0.3 is 11.1 Å². The van der Waals surface area contributed by atoms with Crippen molar-refractivity contribution in [2.45, 2.75) is 25.7 Å². The van der Waals surface area contributed by atoms with Crippen LogP contribution in [0.3, 0.4) is 0 Å². The van der Waals surface area contributed by atoms with Gasteiger partial charge >= 0.3 is 0 Å². The number of carbonyl (C=O) groups excluding carboxylic acids is 1. The molecule has 3 N–H and O–H groups in total. The van der Waals surface area contributed by atoms with Crippen molar-refractivity contribution in [1.29, 1.82) is 0 Å². The molecule has 1 rings (SSSR count). The molecule has 0 radical (unpaired) electrons. The molecular formula is C11H19Cl2N3O. The van der Waals surface area contributed by atoms with Crippen molar-refractivity contribution in [2.75, 3.05) is 11.9 Å². The van der Waals surface area contributed by atoms with E-state index >= 15 is 0 Å². The van der Waals surface area contributed by atoms with Gasteiger partial charge in [-0.25, -0.2) is 0 Å². The normalized spacial score (nSPS) is 8.76. The lowest BCUT2D eigenvalue weighted by Gasteiger charge is -2.03. The highest BCUT2D eigenvalue weighted by Gasteiger charge is 2.00. The van der Waals surface area contributed by atoms with Crippen LogP contribution in [0.25, 0.3) is 0 Å². The fraction of sp³-hybridized carbons (Fsp3) is 0.455. The van der Waals surface area contributed by atoms with Crippen LogP contribution in [0.1, 0.15) is 25.7 Å². The maximum absolute atomic E-state index is 11.4. The average Bonchev–Trinajstić information content (AvgIpc) is 2.26. The molecule has 0 aliphatic heterocycles. The van der Waals surface area contributed by atoms with Gasteiger partial charge in [0.1, 0.15) is 0 Å². The maximum Gasteiger partial charge on any atom is 0.224 e. The van der Waals surface area contributed by atoms with Crippen LogP contribution in [-0.4, -0.2) is 17.4 Å². The number of pyridine rings is 1. The number of hydrogen-bond donors (Lipinski definition) is 2. The fourth-order valence-corrected chi connectivity index (χ4v) is 1.27. The number of anilines is 1.